The van der Waals surface area contributed by atoms with Crippen LogP contribution in [0.1, 0.15) is 253 Å². The summed E-state index contributed by atoms with van der Waals surface area (Å²) in [4.78, 5) is 0. The van der Waals surface area contributed by atoms with Gasteiger partial charge in [0, 0.05) is 13.2 Å². The molecule has 6 nitrogen and oxygen atoms in total. The fraction of sp³-hybridized carbons (Fsp3) is 0.550. The number of benzene rings is 6. The van der Waals surface area contributed by atoms with Gasteiger partial charge in [0.2, 0.25) is 0 Å². The van der Waals surface area contributed by atoms with E-state index >= 15 is 0 Å². The predicted molar refractivity (Wildman–Crippen MR) is 361 cm³/mol. The average Bonchev–Trinajstić information content (AvgIpc) is 2.72. The van der Waals surface area contributed by atoms with Gasteiger partial charge < -0.3 is 29.2 Å². The molecule has 470 valence electrons. The summed E-state index contributed by atoms with van der Waals surface area (Å²) in [5.74, 6) is 0. The molecule has 0 saturated heterocycles. The van der Waals surface area contributed by atoms with Crippen molar-refractivity contribution in [3.63, 3.8) is 0 Å². The van der Waals surface area contributed by atoms with Gasteiger partial charge in [-0.15, -0.1) is 0 Å². The standard InChI is InChI=1S/C80H114O6/c1-3-5-7-9-11-13-15-17-19-21-23-25-27-29-31-51-65-83-75(67-85-79(69-53-39-33-40-54-69,70-55-41-34-42-56-70)71-57-43-35-44-58-71)77(81)78(82)76(84-66-52-32-30-28-26-24-22-20-18-16-14-12-10-8-6-4-2)68-86-80(72-59-45-36-46-60-72,73-61-47-37-48-62-73)74-63-49-38-50-64-74/h33-50,53-64,75-78,81-82H,3-32,51-52,65-68H2,1-2H3/t75-,76-,77-,78-/m1/s1. The summed E-state index contributed by atoms with van der Waals surface area (Å²) in [5.41, 5.74) is 3.61. The van der Waals surface area contributed by atoms with Crippen molar-refractivity contribution in [2.24, 2.45) is 0 Å². The minimum atomic E-state index is -1.39. The first-order valence-corrected chi connectivity index (χ1v) is 34.7. The third kappa shape index (κ3) is 24.2. The van der Waals surface area contributed by atoms with Crippen molar-refractivity contribution in [1.29, 1.82) is 0 Å². The molecule has 0 aliphatic heterocycles. The number of ether oxygens (including phenoxy) is 4. The lowest BCUT2D eigenvalue weighted by atomic mass is 9.80. The smallest absolute Gasteiger partial charge is 0.143 e. The summed E-state index contributed by atoms with van der Waals surface area (Å²) < 4.78 is 28.5. The molecule has 0 radical (unpaired) electrons. The Morgan fingerprint density at radius 1 is 0.256 bits per heavy atom. The van der Waals surface area contributed by atoms with Gasteiger partial charge in [0.05, 0.1) is 13.2 Å². The maximum Gasteiger partial charge on any atom is 0.143 e. The number of aliphatic hydroxyl groups excluding tert-OH is 2. The molecule has 0 spiro atoms. The SMILES string of the molecule is CCCCCCCCCCCCCCCCCCO[C@H](COC(c1ccccc1)(c1ccccc1)c1ccccc1)[C@@H](O)[C@H](O)[C@@H](COC(c1ccccc1)(c1ccccc1)c1ccccc1)OCCCCCCCCCCCCCCCCCC. The predicted octanol–water partition coefficient (Wildman–Crippen LogP) is 21.0. The quantitative estimate of drug-likeness (QED) is 0.0293. The Bertz CT molecular complexity index is 2120. The highest BCUT2D eigenvalue weighted by atomic mass is 16.6. The van der Waals surface area contributed by atoms with Crippen molar-refractivity contribution in [3.8, 4) is 0 Å². The first-order chi connectivity index (χ1) is 42.5. The summed E-state index contributed by atoms with van der Waals surface area (Å²) >= 11 is 0. The molecule has 0 aliphatic rings. The molecule has 86 heavy (non-hydrogen) atoms. The highest BCUT2D eigenvalue weighted by molar-refractivity contribution is 5.49. The monoisotopic (exact) mass is 1170 g/mol. The van der Waals surface area contributed by atoms with Gasteiger partial charge in [0.1, 0.15) is 35.6 Å². The summed E-state index contributed by atoms with van der Waals surface area (Å²) in [6.07, 6.45) is 36.4. The Morgan fingerprint density at radius 2 is 0.430 bits per heavy atom. The molecule has 0 fully saturated rings. The highest BCUT2D eigenvalue weighted by Crippen LogP contribution is 2.43. The molecule has 4 atom stereocenters. The van der Waals surface area contributed by atoms with E-state index in [9.17, 15) is 10.2 Å². The molecule has 0 aromatic heterocycles. The first-order valence-electron chi connectivity index (χ1n) is 34.7. The Morgan fingerprint density at radius 3 is 0.616 bits per heavy atom. The molecule has 6 rings (SSSR count). The minimum absolute atomic E-state index is 0.00947. The van der Waals surface area contributed by atoms with Crippen LogP contribution < -0.4 is 0 Å². The highest BCUT2D eigenvalue weighted by Gasteiger charge is 2.43. The molecule has 0 saturated carbocycles. The topological polar surface area (TPSA) is 77.4 Å². The van der Waals surface area contributed by atoms with Crippen molar-refractivity contribution >= 4 is 0 Å². The van der Waals surface area contributed by atoms with Crippen LogP contribution in [0.5, 0.6) is 0 Å². The lowest BCUT2D eigenvalue weighted by Gasteiger charge is -2.40. The third-order valence-corrected chi connectivity index (χ3v) is 17.8. The van der Waals surface area contributed by atoms with Gasteiger partial charge in [-0.2, -0.15) is 0 Å². The summed E-state index contributed by atoms with van der Waals surface area (Å²) in [6, 6.07) is 62.0. The second kappa shape index (κ2) is 43.7. The minimum Gasteiger partial charge on any atom is -0.388 e. The molecule has 0 heterocycles. The number of unbranched alkanes of at least 4 members (excludes halogenated alkanes) is 30. The Balaban J connectivity index is 1.18. The van der Waals surface area contributed by atoms with Crippen molar-refractivity contribution in [2.75, 3.05) is 26.4 Å². The molecule has 2 N–H and O–H groups in total. The zero-order valence-electron chi connectivity index (χ0n) is 53.6. The fourth-order valence-corrected chi connectivity index (χ4v) is 12.7. The second-order valence-electron chi connectivity index (χ2n) is 24.6. The van der Waals surface area contributed by atoms with E-state index in [1.54, 1.807) is 0 Å². The van der Waals surface area contributed by atoms with Crippen molar-refractivity contribution in [2.45, 2.75) is 255 Å². The van der Waals surface area contributed by atoms with Gasteiger partial charge in [-0.05, 0) is 46.2 Å². The second-order valence-corrected chi connectivity index (χ2v) is 24.6. The van der Waals surface area contributed by atoms with E-state index in [0.717, 1.165) is 71.9 Å². The fourth-order valence-electron chi connectivity index (χ4n) is 12.7. The van der Waals surface area contributed by atoms with E-state index in [4.69, 9.17) is 18.9 Å². The molecule has 6 aromatic rings. The summed E-state index contributed by atoms with van der Waals surface area (Å²) in [6.45, 7) is 5.40. The van der Waals surface area contributed by atoms with Gasteiger partial charge in [0.25, 0.3) is 0 Å². The largest absolute Gasteiger partial charge is 0.388 e. The van der Waals surface area contributed by atoms with E-state index in [1.807, 2.05) is 109 Å². The van der Waals surface area contributed by atoms with Crippen molar-refractivity contribution in [1.82, 2.24) is 0 Å². The summed E-state index contributed by atoms with van der Waals surface area (Å²) in [5, 5.41) is 25.8. The number of aliphatic hydroxyl groups is 2. The molecule has 0 unspecified atom stereocenters. The zero-order valence-corrected chi connectivity index (χ0v) is 53.6. The third-order valence-electron chi connectivity index (χ3n) is 17.8. The van der Waals surface area contributed by atoms with E-state index in [2.05, 4.69) is 86.6 Å². The van der Waals surface area contributed by atoms with Crippen LogP contribution in [-0.2, 0) is 30.1 Å². The van der Waals surface area contributed by atoms with Crippen LogP contribution in [0.15, 0.2) is 182 Å². The average molecular weight is 1170 g/mol. The van der Waals surface area contributed by atoms with Crippen LogP contribution in [-0.4, -0.2) is 61.1 Å². The lowest BCUT2D eigenvalue weighted by molar-refractivity contribution is -0.177. The van der Waals surface area contributed by atoms with E-state index in [1.165, 1.54) is 167 Å². The van der Waals surface area contributed by atoms with Crippen molar-refractivity contribution in [3.05, 3.63) is 215 Å². The van der Waals surface area contributed by atoms with Gasteiger partial charge in [0.15, 0.2) is 0 Å². The van der Waals surface area contributed by atoms with Gasteiger partial charge >= 0.3 is 0 Å². The van der Waals surface area contributed by atoms with Crippen LogP contribution in [0, 0.1) is 0 Å². The maximum atomic E-state index is 12.9. The van der Waals surface area contributed by atoms with Crippen LogP contribution in [0.2, 0.25) is 0 Å². The van der Waals surface area contributed by atoms with E-state index in [-0.39, 0.29) is 13.2 Å². The zero-order chi connectivity index (χ0) is 60.3. The maximum absolute atomic E-state index is 12.9. The molecule has 0 bridgehead atoms. The van der Waals surface area contributed by atoms with E-state index in [0.29, 0.717) is 13.2 Å². The molecular weight excluding hydrogens is 1060 g/mol. The number of hydrogen-bond acceptors (Lipinski definition) is 6. The molecule has 6 heteroatoms. The van der Waals surface area contributed by atoms with Crippen molar-refractivity contribution < 1.29 is 29.2 Å². The first kappa shape index (κ1) is 70.2. The van der Waals surface area contributed by atoms with E-state index < -0.39 is 35.6 Å². The lowest BCUT2D eigenvalue weighted by Crippen LogP contribution is -2.51. The molecule has 6 aromatic carbocycles. The molecule has 0 aliphatic carbocycles. The van der Waals surface area contributed by atoms with Crippen LogP contribution >= 0.6 is 0 Å². The number of hydrogen-bond donors (Lipinski definition) is 2. The molecular formula is C80H114O6. The van der Waals surface area contributed by atoms with Gasteiger partial charge in [-0.1, -0.05) is 388 Å². The summed E-state index contributed by atoms with van der Waals surface area (Å²) in [7, 11) is 0. The van der Waals surface area contributed by atoms with Crippen LogP contribution in [0.25, 0.3) is 0 Å². The van der Waals surface area contributed by atoms with Crippen LogP contribution in [0.3, 0.4) is 0 Å². The van der Waals surface area contributed by atoms with Gasteiger partial charge in [-0.25, -0.2) is 0 Å². The normalized spacial score (nSPS) is 13.4. The van der Waals surface area contributed by atoms with Crippen LogP contribution in [0.4, 0.5) is 0 Å². The Hall–Kier alpha value is -4.92. The Labute approximate surface area is 523 Å². The number of rotatable bonds is 51. The van der Waals surface area contributed by atoms with Gasteiger partial charge in [-0.3, -0.25) is 0 Å². The molecule has 0 amide bonds. The Kier molecular flexibility index (Phi) is 35.6.